The van der Waals surface area contributed by atoms with Crippen LogP contribution in [0.3, 0.4) is 0 Å². The quantitative estimate of drug-likeness (QED) is 0.800. The Morgan fingerprint density at radius 1 is 1.08 bits per heavy atom. The molecule has 1 amide bonds. The van der Waals surface area contributed by atoms with Gasteiger partial charge in [0.25, 0.3) is 5.91 Å². The van der Waals surface area contributed by atoms with E-state index in [2.05, 4.69) is 5.32 Å². The van der Waals surface area contributed by atoms with E-state index in [-0.39, 0.29) is 18.1 Å². The van der Waals surface area contributed by atoms with Crippen LogP contribution < -0.4 is 14.8 Å². The summed E-state index contributed by atoms with van der Waals surface area (Å²) in [6, 6.07) is 12.6. The van der Waals surface area contributed by atoms with Gasteiger partial charge in [-0.2, -0.15) is 0 Å². The molecule has 134 valence electrons. The van der Waals surface area contributed by atoms with Crippen molar-refractivity contribution in [2.75, 3.05) is 6.61 Å². The van der Waals surface area contributed by atoms with Gasteiger partial charge in [0.05, 0.1) is 11.6 Å². The highest BCUT2D eigenvalue weighted by atomic mass is 35.5. The van der Waals surface area contributed by atoms with Gasteiger partial charge in [0.2, 0.25) is 0 Å². The first-order chi connectivity index (χ1) is 11.8. The smallest absolute Gasteiger partial charge is 0.251 e. The second-order valence-electron chi connectivity index (χ2n) is 6.68. The van der Waals surface area contributed by atoms with E-state index in [9.17, 15) is 4.79 Å². The van der Waals surface area contributed by atoms with E-state index in [4.69, 9.17) is 21.1 Å². The van der Waals surface area contributed by atoms with Gasteiger partial charge >= 0.3 is 0 Å². The first kappa shape index (κ1) is 19.1. The fourth-order valence-corrected chi connectivity index (χ4v) is 2.45. The number of ether oxygens (including phenoxy) is 2. The van der Waals surface area contributed by atoms with Gasteiger partial charge in [-0.05, 0) is 58.0 Å². The van der Waals surface area contributed by atoms with Crippen molar-refractivity contribution in [3.63, 3.8) is 0 Å². The monoisotopic (exact) mass is 361 g/mol. The lowest BCUT2D eigenvalue weighted by atomic mass is 10.1. The molecule has 2 rings (SSSR count). The Morgan fingerprint density at radius 3 is 2.44 bits per heavy atom. The van der Waals surface area contributed by atoms with E-state index in [1.165, 1.54) is 0 Å². The predicted molar refractivity (Wildman–Crippen MR) is 101 cm³/mol. The maximum absolute atomic E-state index is 12.4. The number of hydrogen-bond donors (Lipinski definition) is 1. The number of rotatable bonds is 6. The average Bonchev–Trinajstić information content (AvgIpc) is 2.54. The second kappa shape index (κ2) is 8.26. The van der Waals surface area contributed by atoms with Gasteiger partial charge in [0, 0.05) is 16.7 Å². The van der Waals surface area contributed by atoms with Crippen molar-refractivity contribution in [1.82, 2.24) is 5.32 Å². The van der Waals surface area contributed by atoms with Gasteiger partial charge in [0.1, 0.15) is 18.1 Å². The number of carbonyl (C=O) groups is 1. The zero-order valence-electron chi connectivity index (χ0n) is 15.1. The van der Waals surface area contributed by atoms with Crippen LogP contribution in [0, 0.1) is 0 Å². The topological polar surface area (TPSA) is 47.6 Å². The maximum Gasteiger partial charge on any atom is 0.251 e. The zero-order chi connectivity index (χ0) is 18.4. The fourth-order valence-electron chi connectivity index (χ4n) is 2.26. The van der Waals surface area contributed by atoms with Crippen LogP contribution in [-0.4, -0.2) is 18.1 Å². The van der Waals surface area contributed by atoms with E-state index in [0.29, 0.717) is 28.7 Å². The van der Waals surface area contributed by atoms with E-state index >= 15 is 0 Å². The van der Waals surface area contributed by atoms with Gasteiger partial charge < -0.3 is 14.8 Å². The number of hydrogen-bond acceptors (Lipinski definition) is 3. The molecule has 0 aliphatic heterocycles. The number of para-hydroxylation sites is 1. The molecular formula is C20H24ClNO3. The number of benzene rings is 2. The lowest BCUT2D eigenvalue weighted by Crippen LogP contribution is -2.40. The Balaban J connectivity index is 2.22. The van der Waals surface area contributed by atoms with Crippen LogP contribution in [0.1, 0.15) is 43.6 Å². The third kappa shape index (κ3) is 5.68. The van der Waals surface area contributed by atoms with Crippen molar-refractivity contribution in [2.24, 2.45) is 0 Å². The van der Waals surface area contributed by atoms with Crippen LogP contribution in [0.4, 0.5) is 0 Å². The summed E-state index contributed by atoms with van der Waals surface area (Å²) in [6.07, 6.45) is 0. The van der Waals surface area contributed by atoms with Crippen LogP contribution in [0.5, 0.6) is 11.5 Å². The fraction of sp³-hybridized carbons (Fsp3) is 0.350. The molecule has 0 heterocycles. The molecule has 1 N–H and O–H groups in total. The average molecular weight is 362 g/mol. The van der Waals surface area contributed by atoms with Crippen LogP contribution in [-0.2, 0) is 6.61 Å². The Hall–Kier alpha value is -2.20. The molecular weight excluding hydrogens is 338 g/mol. The second-order valence-corrected chi connectivity index (χ2v) is 7.09. The summed E-state index contributed by atoms with van der Waals surface area (Å²) in [5, 5.41) is 3.50. The van der Waals surface area contributed by atoms with Gasteiger partial charge in [-0.3, -0.25) is 4.79 Å². The minimum Gasteiger partial charge on any atom is -0.493 e. The SMILES string of the molecule is CCOc1ccc(C(=O)NC(C)(C)C)cc1COc1ccccc1Cl. The molecule has 4 nitrogen and oxygen atoms in total. The Bertz CT molecular complexity index is 738. The van der Waals surface area contributed by atoms with Crippen LogP contribution >= 0.6 is 11.6 Å². The van der Waals surface area contributed by atoms with Crippen LogP contribution in [0.25, 0.3) is 0 Å². The summed E-state index contributed by atoms with van der Waals surface area (Å²) < 4.78 is 11.4. The Morgan fingerprint density at radius 2 is 1.80 bits per heavy atom. The highest BCUT2D eigenvalue weighted by Gasteiger charge is 2.17. The first-order valence-corrected chi connectivity index (χ1v) is 8.63. The summed E-state index contributed by atoms with van der Waals surface area (Å²) in [4.78, 5) is 12.4. The summed E-state index contributed by atoms with van der Waals surface area (Å²) in [6.45, 7) is 8.55. The Labute approximate surface area is 154 Å². The molecule has 0 unspecified atom stereocenters. The first-order valence-electron chi connectivity index (χ1n) is 8.25. The van der Waals surface area contributed by atoms with Crippen LogP contribution in [0.2, 0.25) is 5.02 Å². The van der Waals surface area contributed by atoms with E-state index < -0.39 is 0 Å². The Kier molecular flexibility index (Phi) is 6.32. The summed E-state index contributed by atoms with van der Waals surface area (Å²) in [7, 11) is 0. The summed E-state index contributed by atoms with van der Waals surface area (Å²) in [5.41, 5.74) is 1.06. The normalized spacial score (nSPS) is 11.1. The molecule has 0 fully saturated rings. The molecule has 0 aromatic heterocycles. The molecule has 0 bridgehead atoms. The largest absolute Gasteiger partial charge is 0.493 e. The van der Waals surface area contributed by atoms with Crippen molar-refractivity contribution >= 4 is 17.5 Å². The molecule has 5 heteroatoms. The minimum atomic E-state index is -0.302. The molecule has 2 aromatic carbocycles. The highest BCUT2D eigenvalue weighted by Crippen LogP contribution is 2.27. The van der Waals surface area contributed by atoms with Gasteiger partial charge in [-0.1, -0.05) is 23.7 Å². The van der Waals surface area contributed by atoms with Crippen molar-refractivity contribution in [3.8, 4) is 11.5 Å². The third-order valence-corrected chi connectivity index (χ3v) is 3.64. The van der Waals surface area contributed by atoms with Gasteiger partial charge in [-0.25, -0.2) is 0 Å². The number of amides is 1. The summed E-state index contributed by atoms with van der Waals surface area (Å²) >= 11 is 6.13. The molecule has 0 atom stereocenters. The lowest BCUT2D eigenvalue weighted by molar-refractivity contribution is 0.0919. The van der Waals surface area contributed by atoms with Gasteiger partial charge in [-0.15, -0.1) is 0 Å². The highest BCUT2D eigenvalue weighted by molar-refractivity contribution is 6.32. The third-order valence-electron chi connectivity index (χ3n) is 3.33. The van der Waals surface area contributed by atoms with Crippen molar-refractivity contribution in [3.05, 3.63) is 58.6 Å². The van der Waals surface area contributed by atoms with E-state index in [1.54, 1.807) is 30.3 Å². The summed E-state index contributed by atoms with van der Waals surface area (Å²) in [5.74, 6) is 1.16. The predicted octanol–water partition coefficient (Wildman–Crippen LogP) is 4.85. The van der Waals surface area contributed by atoms with Crippen molar-refractivity contribution in [1.29, 1.82) is 0 Å². The van der Waals surface area contributed by atoms with Crippen LogP contribution in [0.15, 0.2) is 42.5 Å². The minimum absolute atomic E-state index is 0.130. The molecule has 0 spiro atoms. The number of carbonyl (C=O) groups excluding carboxylic acids is 1. The number of halogens is 1. The van der Waals surface area contributed by atoms with E-state index in [0.717, 1.165) is 5.56 Å². The van der Waals surface area contributed by atoms with Crippen molar-refractivity contribution < 1.29 is 14.3 Å². The van der Waals surface area contributed by atoms with Crippen molar-refractivity contribution in [2.45, 2.75) is 39.8 Å². The molecule has 2 aromatic rings. The lowest BCUT2D eigenvalue weighted by Gasteiger charge is -2.21. The number of nitrogens with one attached hydrogen (secondary N) is 1. The zero-order valence-corrected chi connectivity index (χ0v) is 15.8. The van der Waals surface area contributed by atoms with E-state index in [1.807, 2.05) is 39.8 Å². The molecule has 0 aliphatic rings. The molecule has 0 saturated carbocycles. The molecule has 0 radical (unpaired) electrons. The molecule has 25 heavy (non-hydrogen) atoms. The molecule has 0 saturated heterocycles. The van der Waals surface area contributed by atoms with Gasteiger partial charge in [0.15, 0.2) is 0 Å². The standard InChI is InChI=1S/C20H24ClNO3/c1-5-24-17-11-10-14(19(23)22-20(2,3)4)12-15(17)13-25-18-9-7-6-8-16(18)21/h6-12H,5,13H2,1-4H3,(H,22,23). The maximum atomic E-state index is 12.4. The molecule has 0 aliphatic carbocycles.